The Morgan fingerprint density at radius 1 is 0.923 bits per heavy atom. The summed E-state index contributed by atoms with van der Waals surface area (Å²) < 4.78 is 27.3. The van der Waals surface area contributed by atoms with Gasteiger partial charge >= 0.3 is 0 Å². The van der Waals surface area contributed by atoms with Gasteiger partial charge < -0.3 is 5.32 Å². The first kappa shape index (κ1) is 18.2. The van der Waals surface area contributed by atoms with Crippen LogP contribution in [0.15, 0.2) is 64.2 Å². The maximum atomic E-state index is 12.5. The van der Waals surface area contributed by atoms with Gasteiger partial charge in [-0.1, -0.05) is 18.2 Å². The fourth-order valence-electron chi connectivity index (χ4n) is 2.37. The Balaban J connectivity index is 1.78. The maximum absolute atomic E-state index is 12.5. The zero-order valence-electron chi connectivity index (χ0n) is 14.3. The van der Waals surface area contributed by atoms with Gasteiger partial charge in [0.2, 0.25) is 0 Å². The van der Waals surface area contributed by atoms with E-state index in [0.29, 0.717) is 16.9 Å². The van der Waals surface area contributed by atoms with Crippen LogP contribution in [0.4, 0.5) is 11.4 Å². The normalized spacial score (nSPS) is 11.2. The highest BCUT2D eigenvalue weighted by Gasteiger charge is 2.16. The number of rotatable bonds is 5. The van der Waals surface area contributed by atoms with Crippen molar-refractivity contribution in [2.24, 2.45) is 0 Å². The van der Waals surface area contributed by atoms with Crippen molar-refractivity contribution < 1.29 is 13.2 Å². The van der Waals surface area contributed by atoms with Crippen molar-refractivity contribution in [2.45, 2.75) is 18.1 Å². The Labute approximate surface area is 156 Å². The van der Waals surface area contributed by atoms with Gasteiger partial charge in [-0.05, 0) is 66.8 Å². The van der Waals surface area contributed by atoms with Crippen LogP contribution in [0.5, 0.6) is 0 Å². The molecule has 1 aromatic heterocycles. The average Bonchev–Trinajstić information content (AvgIpc) is 3.14. The quantitative estimate of drug-likeness (QED) is 0.682. The molecule has 0 bridgehead atoms. The molecule has 0 unspecified atom stereocenters. The number of hydrogen-bond donors (Lipinski definition) is 2. The number of thiophene rings is 1. The van der Waals surface area contributed by atoms with Gasteiger partial charge in [0.15, 0.2) is 0 Å². The van der Waals surface area contributed by atoms with E-state index in [1.165, 1.54) is 12.1 Å². The number of aryl methyl sites for hydroxylation is 2. The minimum Gasteiger partial charge on any atom is -0.322 e. The van der Waals surface area contributed by atoms with E-state index in [-0.39, 0.29) is 10.1 Å². The molecule has 2 aromatic carbocycles. The van der Waals surface area contributed by atoms with Gasteiger partial charge in [-0.3, -0.25) is 9.52 Å². The summed E-state index contributed by atoms with van der Waals surface area (Å²) in [5.41, 5.74) is 3.64. The van der Waals surface area contributed by atoms with Crippen molar-refractivity contribution in [1.82, 2.24) is 0 Å². The highest BCUT2D eigenvalue weighted by Crippen LogP contribution is 2.21. The molecule has 0 radical (unpaired) electrons. The summed E-state index contributed by atoms with van der Waals surface area (Å²) in [4.78, 5) is 12.5. The third-order valence-electron chi connectivity index (χ3n) is 3.90. The van der Waals surface area contributed by atoms with Gasteiger partial charge in [-0.25, -0.2) is 8.42 Å². The molecule has 0 aliphatic rings. The number of benzene rings is 2. The summed E-state index contributed by atoms with van der Waals surface area (Å²) in [6.45, 7) is 3.98. The smallest absolute Gasteiger partial charge is 0.271 e. The van der Waals surface area contributed by atoms with E-state index < -0.39 is 10.0 Å². The Kier molecular flexibility index (Phi) is 5.11. The van der Waals surface area contributed by atoms with Crippen LogP contribution < -0.4 is 10.0 Å². The summed E-state index contributed by atoms with van der Waals surface area (Å²) in [5.74, 6) is -0.301. The van der Waals surface area contributed by atoms with E-state index in [4.69, 9.17) is 0 Å². The molecule has 0 aliphatic carbocycles. The summed E-state index contributed by atoms with van der Waals surface area (Å²) in [7, 11) is -3.64. The Hall–Kier alpha value is -2.64. The lowest BCUT2D eigenvalue weighted by Crippen LogP contribution is -2.14. The molecule has 26 heavy (non-hydrogen) atoms. The summed E-state index contributed by atoms with van der Waals surface area (Å²) in [6.07, 6.45) is 0. The van der Waals surface area contributed by atoms with E-state index in [1.807, 2.05) is 32.0 Å². The Morgan fingerprint density at radius 3 is 2.42 bits per heavy atom. The molecule has 0 spiro atoms. The lowest BCUT2D eigenvalue weighted by Gasteiger charge is -2.10. The van der Waals surface area contributed by atoms with Crippen LogP contribution in [0.2, 0.25) is 0 Å². The number of amides is 1. The lowest BCUT2D eigenvalue weighted by molar-refractivity contribution is 0.102. The first-order chi connectivity index (χ1) is 12.3. The average molecular weight is 386 g/mol. The fourth-order valence-corrected chi connectivity index (χ4v) is 4.41. The van der Waals surface area contributed by atoms with Crippen molar-refractivity contribution in [3.05, 3.63) is 76.7 Å². The van der Waals surface area contributed by atoms with Gasteiger partial charge in [-0.2, -0.15) is 0 Å². The van der Waals surface area contributed by atoms with Crippen molar-refractivity contribution in [1.29, 1.82) is 0 Å². The number of nitrogens with one attached hydrogen (secondary N) is 2. The minimum absolute atomic E-state index is 0.225. The van der Waals surface area contributed by atoms with Gasteiger partial charge in [0.05, 0.1) is 0 Å². The third kappa shape index (κ3) is 4.12. The molecule has 3 aromatic rings. The second-order valence-corrected chi connectivity index (χ2v) is 8.73. The van der Waals surface area contributed by atoms with E-state index in [2.05, 4.69) is 10.0 Å². The summed E-state index contributed by atoms with van der Waals surface area (Å²) in [6, 6.07) is 15.3. The Morgan fingerprint density at radius 2 is 1.73 bits per heavy atom. The van der Waals surface area contributed by atoms with E-state index >= 15 is 0 Å². The predicted molar refractivity (Wildman–Crippen MR) is 105 cm³/mol. The number of hydrogen-bond acceptors (Lipinski definition) is 4. The first-order valence-electron chi connectivity index (χ1n) is 7.90. The van der Waals surface area contributed by atoms with Gasteiger partial charge in [0.1, 0.15) is 4.21 Å². The topological polar surface area (TPSA) is 75.3 Å². The maximum Gasteiger partial charge on any atom is 0.271 e. The monoisotopic (exact) mass is 386 g/mol. The molecule has 0 atom stereocenters. The van der Waals surface area contributed by atoms with Crippen LogP contribution in [-0.4, -0.2) is 14.3 Å². The minimum atomic E-state index is -3.64. The zero-order chi connectivity index (χ0) is 18.7. The van der Waals surface area contributed by atoms with Gasteiger partial charge in [0.25, 0.3) is 15.9 Å². The SMILES string of the molecule is Cc1ccc(NC(=O)c2cccc(NS(=O)(=O)c3cccs3)c2)cc1C. The van der Waals surface area contributed by atoms with Crippen molar-refractivity contribution in [3.63, 3.8) is 0 Å². The number of carbonyl (C=O) groups excluding carboxylic acids is 1. The molecule has 2 N–H and O–H groups in total. The predicted octanol–water partition coefficient (Wildman–Crippen LogP) is 4.42. The lowest BCUT2D eigenvalue weighted by atomic mass is 10.1. The first-order valence-corrected chi connectivity index (χ1v) is 10.3. The van der Waals surface area contributed by atoms with E-state index in [9.17, 15) is 13.2 Å². The molecule has 1 amide bonds. The van der Waals surface area contributed by atoms with Crippen molar-refractivity contribution in [3.8, 4) is 0 Å². The third-order valence-corrected chi connectivity index (χ3v) is 6.68. The zero-order valence-corrected chi connectivity index (χ0v) is 15.9. The van der Waals surface area contributed by atoms with Crippen LogP contribution in [0, 0.1) is 13.8 Å². The molecule has 134 valence electrons. The molecule has 1 heterocycles. The van der Waals surface area contributed by atoms with Crippen molar-refractivity contribution >= 4 is 38.6 Å². The highest BCUT2D eigenvalue weighted by molar-refractivity contribution is 7.94. The molecule has 0 fully saturated rings. The second kappa shape index (κ2) is 7.31. The molecule has 0 aliphatic heterocycles. The number of carbonyl (C=O) groups is 1. The van der Waals surface area contributed by atoms with Crippen LogP contribution >= 0.6 is 11.3 Å². The second-order valence-electron chi connectivity index (χ2n) is 5.87. The molecular weight excluding hydrogens is 368 g/mol. The van der Waals surface area contributed by atoms with Crippen LogP contribution in [0.25, 0.3) is 0 Å². The van der Waals surface area contributed by atoms with Gasteiger partial charge in [-0.15, -0.1) is 11.3 Å². The molecule has 3 rings (SSSR count). The standard InChI is InChI=1S/C19H18N2O3S2/c1-13-8-9-16(11-14(13)2)20-19(22)15-5-3-6-17(12-15)21-26(23,24)18-7-4-10-25-18/h3-12,21H,1-2H3,(H,20,22). The van der Waals surface area contributed by atoms with Crippen LogP contribution in [0.3, 0.4) is 0 Å². The molecule has 0 saturated heterocycles. The van der Waals surface area contributed by atoms with Crippen molar-refractivity contribution in [2.75, 3.05) is 10.0 Å². The fraction of sp³-hybridized carbons (Fsp3) is 0.105. The molecule has 7 heteroatoms. The molecular formula is C19H18N2O3S2. The molecule has 5 nitrogen and oxygen atoms in total. The highest BCUT2D eigenvalue weighted by atomic mass is 32.2. The van der Waals surface area contributed by atoms with Crippen LogP contribution in [0.1, 0.15) is 21.5 Å². The summed E-state index contributed by atoms with van der Waals surface area (Å²) >= 11 is 1.13. The Bertz CT molecular complexity index is 1040. The number of anilines is 2. The van der Waals surface area contributed by atoms with Crippen LogP contribution in [-0.2, 0) is 10.0 Å². The number of sulfonamides is 1. The van der Waals surface area contributed by atoms with E-state index in [0.717, 1.165) is 22.5 Å². The van der Waals surface area contributed by atoms with Gasteiger partial charge in [0, 0.05) is 16.9 Å². The largest absolute Gasteiger partial charge is 0.322 e. The molecule has 0 saturated carbocycles. The summed E-state index contributed by atoms with van der Waals surface area (Å²) in [5, 5.41) is 4.53. The van der Waals surface area contributed by atoms with E-state index in [1.54, 1.807) is 29.6 Å².